The standard InChI is InChI=1S/C10H11F2NO2/c1-5-9(4-14)15-8-3-6(11)2-7(12)10(8)13-5/h2-3,5,9,13-14H,4H2,1H3. The van der Waals surface area contributed by atoms with Gasteiger partial charge in [0, 0.05) is 12.1 Å². The normalized spacial score (nSPS) is 24.0. The van der Waals surface area contributed by atoms with Crippen LogP contribution < -0.4 is 10.1 Å². The van der Waals surface area contributed by atoms with Crippen LogP contribution >= 0.6 is 0 Å². The Hall–Kier alpha value is -1.36. The number of anilines is 1. The average Bonchev–Trinajstić information content (AvgIpc) is 2.18. The highest BCUT2D eigenvalue weighted by Gasteiger charge is 2.28. The van der Waals surface area contributed by atoms with Gasteiger partial charge in [-0.1, -0.05) is 0 Å². The van der Waals surface area contributed by atoms with E-state index in [-0.39, 0.29) is 24.1 Å². The van der Waals surface area contributed by atoms with Crippen LogP contribution in [0.5, 0.6) is 5.75 Å². The second-order valence-electron chi connectivity index (χ2n) is 3.53. The van der Waals surface area contributed by atoms with Crippen molar-refractivity contribution in [2.24, 2.45) is 0 Å². The molecule has 0 radical (unpaired) electrons. The van der Waals surface area contributed by atoms with Crippen molar-refractivity contribution in [2.45, 2.75) is 19.1 Å². The van der Waals surface area contributed by atoms with Gasteiger partial charge < -0.3 is 15.2 Å². The molecule has 5 heteroatoms. The molecule has 2 atom stereocenters. The predicted molar refractivity (Wildman–Crippen MR) is 50.9 cm³/mol. The van der Waals surface area contributed by atoms with Crippen LogP contribution in [-0.4, -0.2) is 23.9 Å². The number of rotatable bonds is 1. The Kier molecular flexibility index (Phi) is 2.48. The highest BCUT2D eigenvalue weighted by Crippen LogP contribution is 2.34. The van der Waals surface area contributed by atoms with Crippen molar-refractivity contribution in [2.75, 3.05) is 11.9 Å². The highest BCUT2D eigenvalue weighted by atomic mass is 19.1. The van der Waals surface area contributed by atoms with E-state index in [0.717, 1.165) is 12.1 Å². The Morgan fingerprint density at radius 1 is 1.47 bits per heavy atom. The SMILES string of the molecule is CC1Nc2c(F)cc(F)cc2OC1CO. The lowest BCUT2D eigenvalue weighted by Gasteiger charge is -2.32. The first-order valence-corrected chi connectivity index (χ1v) is 4.65. The minimum atomic E-state index is -0.695. The summed E-state index contributed by atoms with van der Waals surface area (Å²) in [6, 6.07) is 1.67. The molecular weight excluding hydrogens is 204 g/mol. The molecule has 2 unspecified atom stereocenters. The van der Waals surface area contributed by atoms with Crippen LogP contribution in [0, 0.1) is 11.6 Å². The summed E-state index contributed by atoms with van der Waals surface area (Å²) in [5.41, 5.74) is 0.147. The second kappa shape index (κ2) is 3.66. The molecule has 0 bridgehead atoms. The van der Waals surface area contributed by atoms with Gasteiger partial charge in [0.2, 0.25) is 0 Å². The monoisotopic (exact) mass is 215 g/mol. The summed E-state index contributed by atoms with van der Waals surface area (Å²) in [7, 11) is 0. The summed E-state index contributed by atoms with van der Waals surface area (Å²) in [6.07, 6.45) is -0.487. The number of fused-ring (bicyclic) bond motifs is 1. The zero-order chi connectivity index (χ0) is 11.0. The minimum absolute atomic E-state index is 0.102. The lowest BCUT2D eigenvalue weighted by molar-refractivity contribution is 0.0967. The van der Waals surface area contributed by atoms with Gasteiger partial charge in [-0.15, -0.1) is 0 Å². The fourth-order valence-electron chi connectivity index (χ4n) is 1.56. The van der Waals surface area contributed by atoms with Gasteiger partial charge in [-0.05, 0) is 6.92 Å². The first kappa shape index (κ1) is 10.2. The molecule has 0 aromatic heterocycles. The Balaban J connectivity index is 2.40. The summed E-state index contributed by atoms with van der Waals surface area (Å²) < 4.78 is 31.4. The van der Waals surface area contributed by atoms with Crippen LogP contribution in [0.3, 0.4) is 0 Å². The highest BCUT2D eigenvalue weighted by molar-refractivity contribution is 5.60. The topological polar surface area (TPSA) is 41.5 Å². The number of aliphatic hydroxyl groups is 1. The zero-order valence-corrected chi connectivity index (χ0v) is 8.13. The molecule has 1 aromatic rings. The summed E-state index contributed by atoms with van der Waals surface area (Å²) in [5, 5.41) is 11.8. The van der Waals surface area contributed by atoms with Gasteiger partial charge in [-0.25, -0.2) is 8.78 Å². The number of benzene rings is 1. The first-order valence-electron chi connectivity index (χ1n) is 4.65. The molecule has 0 saturated heterocycles. The van der Waals surface area contributed by atoms with Crippen molar-refractivity contribution in [3.8, 4) is 5.75 Å². The molecule has 0 fully saturated rings. The van der Waals surface area contributed by atoms with Crippen molar-refractivity contribution >= 4 is 5.69 Å². The van der Waals surface area contributed by atoms with Crippen molar-refractivity contribution in [1.82, 2.24) is 0 Å². The third-order valence-corrected chi connectivity index (χ3v) is 2.41. The number of aliphatic hydroxyl groups excluding tert-OH is 1. The van der Waals surface area contributed by atoms with Gasteiger partial charge in [0.1, 0.15) is 23.4 Å². The maximum absolute atomic E-state index is 13.3. The number of ether oxygens (including phenoxy) is 1. The Bertz CT molecular complexity index is 384. The summed E-state index contributed by atoms with van der Waals surface area (Å²) in [4.78, 5) is 0. The molecule has 1 aliphatic heterocycles. The van der Waals surface area contributed by atoms with E-state index >= 15 is 0 Å². The number of halogens is 2. The molecule has 15 heavy (non-hydrogen) atoms. The van der Waals surface area contributed by atoms with Crippen LogP contribution in [0.2, 0.25) is 0 Å². The molecular formula is C10H11F2NO2. The van der Waals surface area contributed by atoms with Crippen LogP contribution in [0.15, 0.2) is 12.1 Å². The molecule has 1 heterocycles. The van der Waals surface area contributed by atoms with Crippen LogP contribution in [0.4, 0.5) is 14.5 Å². The number of hydrogen-bond donors (Lipinski definition) is 2. The van der Waals surface area contributed by atoms with Gasteiger partial charge in [0.25, 0.3) is 0 Å². The number of hydrogen-bond acceptors (Lipinski definition) is 3. The van der Waals surface area contributed by atoms with Gasteiger partial charge in [0.05, 0.1) is 12.6 Å². The average molecular weight is 215 g/mol. The third kappa shape index (κ3) is 1.74. The molecule has 1 aromatic carbocycles. The first-order chi connectivity index (χ1) is 7.11. The molecule has 2 rings (SSSR count). The van der Waals surface area contributed by atoms with Gasteiger partial charge in [-0.2, -0.15) is 0 Å². The Morgan fingerprint density at radius 3 is 2.87 bits per heavy atom. The smallest absolute Gasteiger partial charge is 0.153 e. The molecule has 0 spiro atoms. The van der Waals surface area contributed by atoms with E-state index < -0.39 is 17.7 Å². The largest absolute Gasteiger partial charge is 0.483 e. The Morgan fingerprint density at radius 2 is 2.20 bits per heavy atom. The van der Waals surface area contributed by atoms with Crippen molar-refractivity contribution < 1.29 is 18.6 Å². The van der Waals surface area contributed by atoms with E-state index in [1.807, 2.05) is 0 Å². The lowest BCUT2D eigenvalue weighted by Crippen LogP contribution is -2.42. The zero-order valence-electron chi connectivity index (χ0n) is 8.13. The summed E-state index contributed by atoms with van der Waals surface area (Å²) in [6.45, 7) is 1.55. The lowest BCUT2D eigenvalue weighted by atomic mass is 10.1. The van der Waals surface area contributed by atoms with Crippen LogP contribution in [0.1, 0.15) is 6.92 Å². The fraction of sp³-hybridized carbons (Fsp3) is 0.400. The van der Waals surface area contributed by atoms with Crippen molar-refractivity contribution in [3.63, 3.8) is 0 Å². The molecule has 0 saturated carbocycles. The van der Waals surface area contributed by atoms with Gasteiger partial charge in [-0.3, -0.25) is 0 Å². The maximum atomic E-state index is 13.3. The molecule has 2 N–H and O–H groups in total. The summed E-state index contributed by atoms with van der Waals surface area (Å²) in [5.74, 6) is -1.28. The van der Waals surface area contributed by atoms with E-state index in [9.17, 15) is 8.78 Å². The van der Waals surface area contributed by atoms with Crippen molar-refractivity contribution in [3.05, 3.63) is 23.8 Å². The Labute approximate surface area is 85.7 Å². The second-order valence-corrected chi connectivity index (χ2v) is 3.53. The van der Waals surface area contributed by atoms with Gasteiger partial charge >= 0.3 is 0 Å². The van der Waals surface area contributed by atoms with Gasteiger partial charge in [0.15, 0.2) is 5.82 Å². The fourth-order valence-corrected chi connectivity index (χ4v) is 1.56. The molecule has 0 amide bonds. The van der Waals surface area contributed by atoms with Crippen LogP contribution in [0.25, 0.3) is 0 Å². The van der Waals surface area contributed by atoms with Crippen LogP contribution in [-0.2, 0) is 0 Å². The maximum Gasteiger partial charge on any atom is 0.153 e. The minimum Gasteiger partial charge on any atom is -0.483 e. The summed E-state index contributed by atoms with van der Waals surface area (Å²) >= 11 is 0. The van der Waals surface area contributed by atoms with E-state index in [2.05, 4.69) is 5.32 Å². The molecule has 82 valence electrons. The van der Waals surface area contributed by atoms with E-state index in [1.54, 1.807) is 6.92 Å². The molecule has 3 nitrogen and oxygen atoms in total. The number of nitrogens with one attached hydrogen (secondary N) is 1. The van der Waals surface area contributed by atoms with E-state index in [1.165, 1.54) is 0 Å². The molecule has 0 aliphatic carbocycles. The van der Waals surface area contributed by atoms with Crippen molar-refractivity contribution in [1.29, 1.82) is 0 Å². The van der Waals surface area contributed by atoms with E-state index in [4.69, 9.17) is 9.84 Å². The molecule has 1 aliphatic rings. The quantitative estimate of drug-likeness (QED) is 0.746. The third-order valence-electron chi connectivity index (χ3n) is 2.41. The predicted octanol–water partition coefficient (Wildman–Crippen LogP) is 1.52. The van der Waals surface area contributed by atoms with E-state index in [0.29, 0.717) is 0 Å².